The van der Waals surface area contributed by atoms with Gasteiger partial charge < -0.3 is 9.84 Å². The Balaban J connectivity index is 1.60. The summed E-state index contributed by atoms with van der Waals surface area (Å²) < 4.78 is 8.06. The van der Waals surface area contributed by atoms with E-state index >= 15 is 0 Å². The number of carboxylic acid groups (broad SMARTS) is 1. The van der Waals surface area contributed by atoms with Gasteiger partial charge in [0.15, 0.2) is 6.23 Å². The van der Waals surface area contributed by atoms with Gasteiger partial charge in [-0.15, -0.1) is 0 Å². The fourth-order valence-electron chi connectivity index (χ4n) is 6.67. The highest BCUT2D eigenvalue weighted by Gasteiger charge is 2.37. The molecule has 5 nitrogen and oxygen atoms in total. The molecule has 3 aromatic rings. The van der Waals surface area contributed by atoms with Crippen LogP contribution in [0.25, 0.3) is 22.6 Å². The van der Waals surface area contributed by atoms with Gasteiger partial charge in [-0.05, 0) is 89.8 Å². The van der Waals surface area contributed by atoms with E-state index < -0.39 is 5.97 Å². The van der Waals surface area contributed by atoms with Gasteiger partial charge in [0.1, 0.15) is 0 Å². The molecule has 1 aliphatic heterocycles. The van der Waals surface area contributed by atoms with E-state index in [1.165, 1.54) is 41.2 Å². The molecule has 0 amide bonds. The van der Waals surface area contributed by atoms with Crippen LogP contribution < -0.4 is 0 Å². The molecule has 5 rings (SSSR count). The second-order valence-corrected chi connectivity index (χ2v) is 12.3. The summed E-state index contributed by atoms with van der Waals surface area (Å²) in [7, 11) is 0. The molecule has 0 bridgehead atoms. The number of carbonyl (C=O) groups is 1. The van der Waals surface area contributed by atoms with Crippen molar-refractivity contribution in [2.24, 2.45) is 10.8 Å². The van der Waals surface area contributed by atoms with Crippen molar-refractivity contribution in [2.75, 3.05) is 6.61 Å². The zero-order valence-corrected chi connectivity index (χ0v) is 22.5. The summed E-state index contributed by atoms with van der Waals surface area (Å²) >= 11 is 0. The van der Waals surface area contributed by atoms with Crippen LogP contribution in [0, 0.1) is 10.8 Å². The molecule has 5 heteroatoms. The third-order valence-corrected chi connectivity index (χ3v) is 7.62. The second-order valence-electron chi connectivity index (χ2n) is 12.3. The molecule has 2 aromatic carbocycles. The minimum atomic E-state index is -0.939. The third kappa shape index (κ3) is 5.72. The van der Waals surface area contributed by atoms with Crippen molar-refractivity contribution in [3.8, 4) is 0 Å². The summed E-state index contributed by atoms with van der Waals surface area (Å²) in [5, 5.41) is 14.8. The van der Waals surface area contributed by atoms with Crippen molar-refractivity contribution in [1.82, 2.24) is 9.78 Å². The van der Waals surface area contributed by atoms with Gasteiger partial charge in [0.05, 0.1) is 11.7 Å². The maximum absolute atomic E-state index is 11.0. The van der Waals surface area contributed by atoms with Gasteiger partial charge >= 0.3 is 5.97 Å². The Morgan fingerprint density at radius 3 is 2.38 bits per heavy atom. The Kier molecular flexibility index (Phi) is 6.84. The van der Waals surface area contributed by atoms with Crippen molar-refractivity contribution in [3.63, 3.8) is 0 Å². The van der Waals surface area contributed by atoms with E-state index in [1.54, 1.807) is 6.08 Å². The first kappa shape index (κ1) is 25.5. The molecule has 2 heterocycles. The Hall–Kier alpha value is -3.18. The van der Waals surface area contributed by atoms with Crippen molar-refractivity contribution in [3.05, 3.63) is 77.0 Å². The molecule has 194 valence electrons. The van der Waals surface area contributed by atoms with Gasteiger partial charge in [-0.3, -0.25) is 0 Å². The zero-order chi connectivity index (χ0) is 26.2. The van der Waals surface area contributed by atoms with Gasteiger partial charge in [0, 0.05) is 18.1 Å². The lowest BCUT2D eigenvalue weighted by molar-refractivity contribution is -0.131. The van der Waals surface area contributed by atoms with Crippen molar-refractivity contribution >= 4 is 28.5 Å². The molecule has 1 N–H and O–H groups in total. The number of allylic oxidation sites excluding steroid dienone is 1. The molecule has 1 unspecified atom stereocenters. The minimum absolute atomic E-state index is 0.0151. The van der Waals surface area contributed by atoms with Crippen LogP contribution in [-0.4, -0.2) is 27.5 Å². The Morgan fingerprint density at radius 2 is 1.73 bits per heavy atom. The zero-order valence-electron chi connectivity index (χ0n) is 22.5. The predicted octanol–water partition coefficient (Wildman–Crippen LogP) is 7.87. The normalized spacial score (nSPS) is 21.4. The van der Waals surface area contributed by atoms with Crippen LogP contribution >= 0.6 is 0 Å². The average Bonchev–Trinajstić information content (AvgIpc) is 3.26. The molecule has 0 radical (unpaired) electrons. The van der Waals surface area contributed by atoms with Gasteiger partial charge in [-0.25, -0.2) is 9.48 Å². The van der Waals surface area contributed by atoms with E-state index in [1.807, 2.05) is 23.0 Å². The number of aliphatic carboxylic acids is 1. The van der Waals surface area contributed by atoms with Gasteiger partial charge in [0.25, 0.3) is 0 Å². The quantitative estimate of drug-likeness (QED) is 0.364. The SMILES string of the molecule is CC1(C)CC(=C(c2ccc(/C=C/C(=O)O)cc2)c2ccc3c(cnn3C3CCCCO3)c2)CC(C)(C)C1. The van der Waals surface area contributed by atoms with Crippen LogP contribution in [0.1, 0.15) is 89.1 Å². The Morgan fingerprint density at radius 1 is 1.03 bits per heavy atom. The number of hydrogen-bond acceptors (Lipinski definition) is 3. The van der Waals surface area contributed by atoms with Crippen molar-refractivity contribution < 1.29 is 14.6 Å². The number of hydrogen-bond donors (Lipinski definition) is 1. The standard InChI is InChI=1S/C32H38N2O3/c1-31(2)18-26(19-32(3,4)21-31)30(23-11-8-22(9-12-23)10-15-29(35)36)24-13-14-27-25(17-24)20-33-34(27)28-7-5-6-16-37-28/h8-15,17,20,28H,5-7,16,18-19,21H2,1-4H3,(H,35,36)/b15-10+. The highest BCUT2D eigenvalue weighted by atomic mass is 16.5. The van der Waals surface area contributed by atoms with E-state index in [2.05, 4.69) is 58.0 Å². The molecule has 1 saturated carbocycles. The predicted molar refractivity (Wildman–Crippen MR) is 149 cm³/mol. The summed E-state index contributed by atoms with van der Waals surface area (Å²) in [6.07, 6.45) is 11.4. The fourth-order valence-corrected chi connectivity index (χ4v) is 6.67. The molecule has 37 heavy (non-hydrogen) atoms. The van der Waals surface area contributed by atoms with Crippen LogP contribution in [0.15, 0.2) is 60.3 Å². The molecular weight excluding hydrogens is 460 g/mol. The molecule has 1 aromatic heterocycles. The number of fused-ring (bicyclic) bond motifs is 1. The lowest BCUT2D eigenvalue weighted by atomic mass is 9.62. The van der Waals surface area contributed by atoms with Crippen molar-refractivity contribution in [1.29, 1.82) is 0 Å². The highest BCUT2D eigenvalue weighted by molar-refractivity contribution is 5.90. The lowest BCUT2D eigenvalue weighted by Gasteiger charge is -2.43. The summed E-state index contributed by atoms with van der Waals surface area (Å²) in [6, 6.07) is 15.0. The molecule has 1 saturated heterocycles. The Bertz CT molecular complexity index is 1330. The van der Waals surface area contributed by atoms with Gasteiger partial charge in [0.2, 0.25) is 0 Å². The molecular formula is C32H38N2O3. The summed E-state index contributed by atoms with van der Waals surface area (Å²) in [5.41, 5.74) is 7.57. The van der Waals surface area contributed by atoms with E-state index in [-0.39, 0.29) is 17.1 Å². The van der Waals surface area contributed by atoms with Crippen LogP contribution in [-0.2, 0) is 9.53 Å². The summed E-state index contributed by atoms with van der Waals surface area (Å²) in [5.74, 6) is -0.939. The lowest BCUT2D eigenvalue weighted by Crippen LogP contribution is -2.30. The first-order valence-corrected chi connectivity index (χ1v) is 13.4. The molecule has 2 aliphatic rings. The smallest absolute Gasteiger partial charge is 0.328 e. The van der Waals surface area contributed by atoms with E-state index in [0.29, 0.717) is 0 Å². The third-order valence-electron chi connectivity index (χ3n) is 7.62. The van der Waals surface area contributed by atoms with Crippen LogP contribution in [0.3, 0.4) is 0 Å². The molecule has 1 atom stereocenters. The maximum Gasteiger partial charge on any atom is 0.328 e. The van der Waals surface area contributed by atoms with E-state index in [4.69, 9.17) is 14.9 Å². The van der Waals surface area contributed by atoms with Gasteiger partial charge in [-0.2, -0.15) is 5.10 Å². The molecule has 0 spiro atoms. The first-order chi connectivity index (χ1) is 17.6. The maximum atomic E-state index is 11.0. The number of benzene rings is 2. The number of carboxylic acids is 1. The van der Waals surface area contributed by atoms with Crippen LogP contribution in [0.5, 0.6) is 0 Å². The number of aromatic nitrogens is 2. The monoisotopic (exact) mass is 498 g/mol. The second kappa shape index (κ2) is 9.94. The van der Waals surface area contributed by atoms with E-state index in [9.17, 15) is 4.79 Å². The molecule has 2 fully saturated rings. The largest absolute Gasteiger partial charge is 0.478 e. The number of nitrogens with zero attached hydrogens (tertiary/aromatic N) is 2. The molecule has 1 aliphatic carbocycles. The first-order valence-electron chi connectivity index (χ1n) is 13.4. The van der Waals surface area contributed by atoms with Crippen molar-refractivity contribution in [2.45, 2.75) is 72.4 Å². The highest BCUT2D eigenvalue weighted by Crippen LogP contribution is 2.51. The average molecular weight is 499 g/mol. The minimum Gasteiger partial charge on any atom is -0.478 e. The topological polar surface area (TPSA) is 64.3 Å². The fraction of sp³-hybridized carbons (Fsp3) is 0.438. The summed E-state index contributed by atoms with van der Waals surface area (Å²) in [6.45, 7) is 10.3. The number of ether oxygens (including phenoxy) is 1. The van der Waals surface area contributed by atoms with Gasteiger partial charge in [-0.1, -0.05) is 63.6 Å². The number of rotatable bonds is 5. The van der Waals surface area contributed by atoms with Crippen LogP contribution in [0.2, 0.25) is 0 Å². The Labute approximate surface area is 219 Å². The van der Waals surface area contributed by atoms with E-state index in [0.717, 1.165) is 48.8 Å². The van der Waals surface area contributed by atoms with Crippen LogP contribution in [0.4, 0.5) is 0 Å². The summed E-state index contributed by atoms with van der Waals surface area (Å²) in [4.78, 5) is 11.0.